The van der Waals surface area contributed by atoms with Gasteiger partial charge in [0.1, 0.15) is 0 Å². The Labute approximate surface area is 137 Å². The zero-order valence-corrected chi connectivity index (χ0v) is 15.3. The highest BCUT2D eigenvalue weighted by molar-refractivity contribution is 5.09. The number of allylic oxidation sites excluding steroid dienone is 1. The average Bonchev–Trinajstić information content (AvgIpc) is 2.36. The maximum Gasteiger partial charge on any atom is 0.0653 e. The number of hydrogen-bond donors (Lipinski definition) is 2. The molecule has 0 amide bonds. The van der Waals surface area contributed by atoms with Crippen LogP contribution in [0.1, 0.15) is 79.6 Å². The van der Waals surface area contributed by atoms with Gasteiger partial charge in [-0.25, -0.2) is 0 Å². The zero-order valence-electron chi connectivity index (χ0n) is 15.3. The van der Waals surface area contributed by atoms with E-state index in [0.717, 1.165) is 25.2 Å². The lowest BCUT2D eigenvalue weighted by atomic mass is 9.45. The first kappa shape index (κ1) is 18.0. The van der Waals surface area contributed by atoms with Crippen LogP contribution in [-0.2, 0) is 0 Å². The van der Waals surface area contributed by atoms with Gasteiger partial charge in [-0.05, 0) is 75.0 Å². The summed E-state index contributed by atoms with van der Waals surface area (Å²) in [7, 11) is 0. The lowest BCUT2D eigenvalue weighted by Crippen LogP contribution is -2.57. The van der Waals surface area contributed by atoms with Gasteiger partial charge < -0.3 is 10.2 Å². The van der Waals surface area contributed by atoms with E-state index in [-0.39, 0.29) is 12.0 Å². The van der Waals surface area contributed by atoms with E-state index >= 15 is 0 Å². The van der Waals surface area contributed by atoms with E-state index < -0.39 is 5.60 Å². The second-order valence-electron chi connectivity index (χ2n) is 9.12. The molecule has 0 aromatic heterocycles. The highest BCUT2D eigenvalue weighted by Crippen LogP contribution is 2.62. The maximum absolute atomic E-state index is 11.1. The summed E-state index contributed by atoms with van der Waals surface area (Å²) < 4.78 is 0. The third-order valence-electron chi connectivity index (χ3n) is 7.03. The smallest absolute Gasteiger partial charge is 0.0653 e. The van der Waals surface area contributed by atoms with Crippen LogP contribution in [0.2, 0.25) is 0 Å². The van der Waals surface area contributed by atoms with Crippen molar-refractivity contribution in [1.29, 1.82) is 0 Å². The number of aliphatic hydroxyl groups is 2. The molecular weight excluding hydrogens is 272 g/mol. The first-order valence-corrected chi connectivity index (χ1v) is 9.12. The quantitative estimate of drug-likeness (QED) is 0.739. The fraction of sp³-hybridized carbons (Fsp3) is 0.900. The summed E-state index contributed by atoms with van der Waals surface area (Å²) in [6.07, 6.45) is 9.90. The molecule has 0 radical (unpaired) electrons. The van der Waals surface area contributed by atoms with Crippen LogP contribution >= 0.6 is 0 Å². The highest BCUT2D eigenvalue weighted by Gasteiger charge is 2.57. The van der Waals surface area contributed by atoms with Gasteiger partial charge in [0, 0.05) is 0 Å². The number of aliphatic hydroxyl groups excluding tert-OH is 1. The zero-order chi connectivity index (χ0) is 16.6. The Morgan fingerprint density at radius 2 is 1.82 bits per heavy atom. The molecule has 0 aromatic rings. The monoisotopic (exact) mass is 308 g/mol. The second kappa shape index (κ2) is 6.28. The summed E-state index contributed by atoms with van der Waals surface area (Å²) in [6, 6.07) is 0. The third-order valence-corrected chi connectivity index (χ3v) is 7.03. The summed E-state index contributed by atoms with van der Waals surface area (Å²) in [4.78, 5) is 0. The summed E-state index contributed by atoms with van der Waals surface area (Å²) in [5.41, 5.74) is 1.36. The van der Waals surface area contributed by atoms with Crippen LogP contribution in [0, 0.1) is 22.7 Å². The molecular formula is C20H36O2. The average molecular weight is 309 g/mol. The van der Waals surface area contributed by atoms with Gasteiger partial charge in [-0.15, -0.1) is 0 Å². The Kier molecular flexibility index (Phi) is 5.14. The van der Waals surface area contributed by atoms with Crippen molar-refractivity contribution in [2.45, 2.75) is 85.2 Å². The Morgan fingerprint density at radius 3 is 2.45 bits per heavy atom. The van der Waals surface area contributed by atoms with Crippen molar-refractivity contribution in [3.05, 3.63) is 11.6 Å². The molecule has 2 saturated carbocycles. The number of hydrogen-bond acceptors (Lipinski definition) is 2. The predicted molar refractivity (Wildman–Crippen MR) is 92.7 cm³/mol. The second-order valence-corrected chi connectivity index (χ2v) is 9.12. The molecule has 0 bridgehead atoms. The van der Waals surface area contributed by atoms with E-state index in [1.54, 1.807) is 0 Å². The van der Waals surface area contributed by atoms with E-state index in [0.29, 0.717) is 11.3 Å². The largest absolute Gasteiger partial charge is 0.392 e. The number of fused-ring (bicyclic) bond motifs is 1. The van der Waals surface area contributed by atoms with Crippen LogP contribution in [0.15, 0.2) is 11.6 Å². The molecule has 0 spiro atoms. The lowest BCUT2D eigenvalue weighted by Gasteiger charge is -2.61. The van der Waals surface area contributed by atoms with Gasteiger partial charge in [0.05, 0.1) is 12.2 Å². The molecule has 22 heavy (non-hydrogen) atoms. The van der Waals surface area contributed by atoms with Crippen molar-refractivity contribution >= 4 is 0 Å². The third kappa shape index (κ3) is 3.28. The summed E-state index contributed by atoms with van der Waals surface area (Å²) in [6.45, 7) is 11.6. The lowest BCUT2D eigenvalue weighted by molar-refractivity contribution is -0.168. The molecule has 0 unspecified atom stereocenters. The molecule has 2 aliphatic rings. The molecule has 0 aliphatic heterocycles. The Bertz CT molecular complexity index is 421. The van der Waals surface area contributed by atoms with Crippen LogP contribution in [0.5, 0.6) is 0 Å². The van der Waals surface area contributed by atoms with Gasteiger partial charge in [0.25, 0.3) is 0 Å². The predicted octanol–water partition coefficient (Wildman–Crippen LogP) is 4.70. The molecule has 2 fully saturated rings. The van der Waals surface area contributed by atoms with Crippen molar-refractivity contribution < 1.29 is 10.2 Å². The minimum absolute atomic E-state index is 0.125. The van der Waals surface area contributed by atoms with Gasteiger partial charge in [0.15, 0.2) is 0 Å². The van der Waals surface area contributed by atoms with E-state index in [9.17, 15) is 5.11 Å². The highest BCUT2D eigenvalue weighted by atomic mass is 16.3. The Balaban J connectivity index is 2.24. The fourth-order valence-corrected chi connectivity index (χ4v) is 5.90. The first-order valence-electron chi connectivity index (χ1n) is 9.12. The van der Waals surface area contributed by atoms with Gasteiger partial charge in [-0.2, -0.15) is 0 Å². The molecule has 2 aliphatic carbocycles. The SMILES string of the molecule is C/C(=C\CO)CC[C@H]1[C@]2(C)CCCC(C)(C)[C@H]2CC[C@]1(C)O. The molecule has 0 aromatic carbocycles. The standard InChI is InChI=1S/C20H36O2/c1-15(10-14-21)7-8-17-19(4)12-6-11-18(2,3)16(19)9-13-20(17,5)22/h10,16-17,21-22H,6-9,11-14H2,1-5H3/b15-10+/t16-,17+,19-,20+/m1/s1. The summed E-state index contributed by atoms with van der Waals surface area (Å²) >= 11 is 0. The molecule has 128 valence electrons. The van der Waals surface area contributed by atoms with Gasteiger partial charge in [-0.1, -0.05) is 38.8 Å². The van der Waals surface area contributed by atoms with Crippen molar-refractivity contribution in [3.8, 4) is 0 Å². The number of rotatable bonds is 4. The molecule has 0 heterocycles. The van der Waals surface area contributed by atoms with Gasteiger partial charge >= 0.3 is 0 Å². The normalized spacial score (nSPS) is 42.0. The summed E-state index contributed by atoms with van der Waals surface area (Å²) in [5, 5.41) is 20.1. The Morgan fingerprint density at radius 1 is 1.14 bits per heavy atom. The molecule has 2 N–H and O–H groups in total. The van der Waals surface area contributed by atoms with Crippen LogP contribution in [0.25, 0.3) is 0 Å². The van der Waals surface area contributed by atoms with Gasteiger partial charge in [-0.3, -0.25) is 0 Å². The van der Waals surface area contributed by atoms with E-state index in [2.05, 4.69) is 34.6 Å². The van der Waals surface area contributed by atoms with E-state index in [4.69, 9.17) is 5.11 Å². The van der Waals surface area contributed by atoms with Crippen molar-refractivity contribution in [1.82, 2.24) is 0 Å². The molecule has 2 nitrogen and oxygen atoms in total. The van der Waals surface area contributed by atoms with Crippen LogP contribution in [0.4, 0.5) is 0 Å². The maximum atomic E-state index is 11.1. The summed E-state index contributed by atoms with van der Waals surface area (Å²) in [5.74, 6) is 1.08. The molecule has 4 atom stereocenters. The van der Waals surface area contributed by atoms with Crippen LogP contribution in [-0.4, -0.2) is 22.4 Å². The van der Waals surface area contributed by atoms with Crippen molar-refractivity contribution in [3.63, 3.8) is 0 Å². The first-order chi connectivity index (χ1) is 10.1. The minimum atomic E-state index is -0.543. The molecule has 2 rings (SSSR count). The van der Waals surface area contributed by atoms with Crippen molar-refractivity contribution in [2.24, 2.45) is 22.7 Å². The topological polar surface area (TPSA) is 40.5 Å². The fourth-order valence-electron chi connectivity index (χ4n) is 5.90. The minimum Gasteiger partial charge on any atom is -0.392 e. The molecule has 2 heteroatoms. The van der Waals surface area contributed by atoms with Gasteiger partial charge in [0.2, 0.25) is 0 Å². The van der Waals surface area contributed by atoms with E-state index in [1.165, 1.54) is 31.3 Å². The van der Waals surface area contributed by atoms with Crippen LogP contribution in [0.3, 0.4) is 0 Å². The van der Waals surface area contributed by atoms with Crippen LogP contribution < -0.4 is 0 Å². The van der Waals surface area contributed by atoms with Crippen molar-refractivity contribution in [2.75, 3.05) is 6.61 Å². The van der Waals surface area contributed by atoms with E-state index in [1.807, 2.05) is 6.08 Å². The Hall–Kier alpha value is -0.340. The molecule has 0 saturated heterocycles.